The second-order valence-electron chi connectivity index (χ2n) is 4.92. The second kappa shape index (κ2) is 5.97. The van der Waals surface area contributed by atoms with Gasteiger partial charge < -0.3 is 4.90 Å². The van der Waals surface area contributed by atoms with Gasteiger partial charge in [-0.05, 0) is 18.4 Å². The number of nitrogens with zero attached hydrogens (tertiary/aromatic N) is 2. The fourth-order valence-electron chi connectivity index (χ4n) is 2.34. The third-order valence-electron chi connectivity index (χ3n) is 3.49. The summed E-state index contributed by atoms with van der Waals surface area (Å²) in [5.41, 5.74) is -0.303. The molecule has 5 nitrogen and oxygen atoms in total. The molecule has 1 aliphatic heterocycles. The Labute approximate surface area is 126 Å². The van der Waals surface area contributed by atoms with Crippen molar-refractivity contribution in [2.75, 3.05) is 13.1 Å². The number of piperidine rings is 1. The molecule has 1 heterocycles. The maximum Gasteiger partial charge on any atom is 0.283 e. The molecule has 1 aromatic rings. The van der Waals surface area contributed by atoms with Gasteiger partial charge in [0.1, 0.15) is 5.56 Å². The predicted molar refractivity (Wildman–Crippen MR) is 77.4 cm³/mol. The summed E-state index contributed by atoms with van der Waals surface area (Å²) in [4.78, 5) is 24.5. The van der Waals surface area contributed by atoms with Gasteiger partial charge in [-0.3, -0.25) is 14.9 Å². The minimum atomic E-state index is -0.586. The number of nitro benzene ring substituents is 1. The van der Waals surface area contributed by atoms with Gasteiger partial charge >= 0.3 is 0 Å². The average Bonchev–Trinajstić information content (AvgIpc) is 2.40. The molecule has 0 saturated carbocycles. The maximum absolute atomic E-state index is 12.5. The maximum atomic E-state index is 12.5. The molecule has 1 fully saturated rings. The van der Waals surface area contributed by atoms with Crippen molar-refractivity contribution < 1.29 is 9.72 Å². The number of carbonyl (C=O) groups excluding carboxylic acids is 1. The molecule has 1 aromatic carbocycles. The van der Waals surface area contributed by atoms with Gasteiger partial charge in [0, 0.05) is 24.5 Å². The Morgan fingerprint density at radius 3 is 2.80 bits per heavy atom. The van der Waals surface area contributed by atoms with E-state index in [9.17, 15) is 14.9 Å². The number of hydrogen-bond acceptors (Lipinski definition) is 3. The summed E-state index contributed by atoms with van der Waals surface area (Å²) in [5.74, 6) is -0.256. The predicted octanol–water partition coefficient (Wildman–Crippen LogP) is 3.34. The molecular formula is C13H14Cl2N2O3. The van der Waals surface area contributed by atoms with E-state index in [-0.39, 0.29) is 27.6 Å². The summed E-state index contributed by atoms with van der Waals surface area (Å²) in [7, 11) is 0. The van der Waals surface area contributed by atoms with E-state index in [1.165, 1.54) is 18.2 Å². The van der Waals surface area contributed by atoms with Crippen LogP contribution in [0.2, 0.25) is 5.02 Å². The first kappa shape index (κ1) is 15.1. The summed E-state index contributed by atoms with van der Waals surface area (Å²) >= 11 is 12.1. The van der Waals surface area contributed by atoms with Gasteiger partial charge in [0.25, 0.3) is 11.6 Å². The standard InChI is InChI=1S/C13H14Cl2N2O3/c1-8-7-16(6-5-9(8)14)13(18)12-10(15)3-2-4-11(12)17(19)20/h2-4,8-9H,5-7H2,1H3. The minimum Gasteiger partial charge on any atom is -0.338 e. The van der Waals surface area contributed by atoms with Crippen LogP contribution >= 0.6 is 23.2 Å². The second-order valence-corrected chi connectivity index (χ2v) is 5.89. The van der Waals surface area contributed by atoms with Gasteiger partial charge in [-0.2, -0.15) is 0 Å². The number of nitro groups is 1. The molecule has 0 radical (unpaired) electrons. The van der Waals surface area contributed by atoms with E-state index in [4.69, 9.17) is 23.2 Å². The summed E-state index contributed by atoms with van der Waals surface area (Å²) in [6.45, 7) is 2.92. The van der Waals surface area contributed by atoms with Gasteiger partial charge in [-0.25, -0.2) is 0 Å². The zero-order valence-electron chi connectivity index (χ0n) is 10.9. The Kier molecular flexibility index (Phi) is 4.50. The van der Waals surface area contributed by atoms with Gasteiger partial charge in [0.15, 0.2) is 0 Å². The quantitative estimate of drug-likeness (QED) is 0.477. The van der Waals surface area contributed by atoms with Gasteiger partial charge in [0.2, 0.25) is 0 Å². The third kappa shape index (κ3) is 2.88. The van der Waals surface area contributed by atoms with Crippen LogP contribution in [0.5, 0.6) is 0 Å². The van der Waals surface area contributed by atoms with Crippen LogP contribution < -0.4 is 0 Å². The van der Waals surface area contributed by atoms with Crippen molar-refractivity contribution in [2.45, 2.75) is 18.7 Å². The molecule has 0 aliphatic carbocycles. The first-order chi connectivity index (χ1) is 9.41. The number of rotatable bonds is 2. The van der Waals surface area contributed by atoms with Crippen LogP contribution in [-0.4, -0.2) is 34.2 Å². The van der Waals surface area contributed by atoms with Crippen LogP contribution in [0, 0.1) is 16.0 Å². The molecule has 2 atom stereocenters. The van der Waals surface area contributed by atoms with E-state index in [1.807, 2.05) is 6.92 Å². The molecule has 20 heavy (non-hydrogen) atoms. The number of benzene rings is 1. The first-order valence-corrected chi connectivity index (χ1v) is 7.09. The monoisotopic (exact) mass is 316 g/mol. The molecule has 0 spiro atoms. The smallest absolute Gasteiger partial charge is 0.283 e. The molecule has 2 rings (SSSR count). The number of likely N-dealkylation sites (tertiary alicyclic amines) is 1. The van der Waals surface area contributed by atoms with Crippen LogP contribution in [0.25, 0.3) is 0 Å². The van der Waals surface area contributed by atoms with Gasteiger partial charge in [0.05, 0.1) is 9.95 Å². The molecule has 0 N–H and O–H groups in total. The van der Waals surface area contributed by atoms with Crippen LogP contribution in [0.3, 0.4) is 0 Å². The fourth-order valence-corrected chi connectivity index (χ4v) is 2.76. The van der Waals surface area contributed by atoms with Crippen LogP contribution in [-0.2, 0) is 0 Å². The highest BCUT2D eigenvalue weighted by molar-refractivity contribution is 6.34. The van der Waals surface area contributed by atoms with Crippen molar-refractivity contribution in [2.24, 2.45) is 5.92 Å². The molecule has 0 aromatic heterocycles. The van der Waals surface area contributed by atoms with Crippen molar-refractivity contribution in [3.63, 3.8) is 0 Å². The first-order valence-electron chi connectivity index (χ1n) is 6.28. The number of hydrogen-bond donors (Lipinski definition) is 0. The Balaban J connectivity index is 2.32. The molecule has 1 aliphatic rings. The lowest BCUT2D eigenvalue weighted by Crippen LogP contribution is -2.43. The van der Waals surface area contributed by atoms with Gasteiger partial charge in [-0.15, -0.1) is 11.6 Å². The van der Waals surface area contributed by atoms with Crippen molar-refractivity contribution >= 4 is 34.8 Å². The van der Waals surface area contributed by atoms with Crippen molar-refractivity contribution in [1.29, 1.82) is 0 Å². The number of amides is 1. The molecule has 2 unspecified atom stereocenters. The van der Waals surface area contributed by atoms with E-state index in [2.05, 4.69) is 0 Å². The highest BCUT2D eigenvalue weighted by Gasteiger charge is 2.32. The number of carbonyl (C=O) groups is 1. The molecule has 1 saturated heterocycles. The van der Waals surface area contributed by atoms with Gasteiger partial charge in [-0.1, -0.05) is 24.6 Å². The molecule has 7 heteroatoms. The zero-order valence-corrected chi connectivity index (χ0v) is 12.4. The number of alkyl halides is 1. The van der Waals surface area contributed by atoms with Crippen molar-refractivity contribution in [3.05, 3.63) is 38.9 Å². The summed E-state index contributed by atoms with van der Waals surface area (Å²) in [6.07, 6.45) is 0.673. The van der Waals surface area contributed by atoms with E-state index < -0.39 is 10.8 Å². The van der Waals surface area contributed by atoms with Crippen LogP contribution in [0.15, 0.2) is 18.2 Å². The zero-order chi connectivity index (χ0) is 14.9. The highest BCUT2D eigenvalue weighted by Crippen LogP contribution is 2.30. The Hall–Kier alpha value is -1.33. The van der Waals surface area contributed by atoms with Crippen LogP contribution in [0.4, 0.5) is 5.69 Å². The lowest BCUT2D eigenvalue weighted by Gasteiger charge is -2.34. The topological polar surface area (TPSA) is 63.5 Å². The lowest BCUT2D eigenvalue weighted by atomic mass is 9.98. The number of halogens is 2. The van der Waals surface area contributed by atoms with E-state index in [0.717, 1.165) is 0 Å². The molecule has 108 valence electrons. The Morgan fingerprint density at radius 2 is 2.20 bits per heavy atom. The SMILES string of the molecule is CC1CN(C(=O)c2c(Cl)cccc2[N+](=O)[O-])CCC1Cl. The van der Waals surface area contributed by atoms with E-state index in [0.29, 0.717) is 19.5 Å². The molecular weight excluding hydrogens is 303 g/mol. The summed E-state index contributed by atoms with van der Waals surface area (Å²) in [5, 5.41) is 11.2. The minimum absolute atomic E-state index is 0.0280. The van der Waals surface area contributed by atoms with Crippen molar-refractivity contribution in [3.8, 4) is 0 Å². The molecule has 0 bridgehead atoms. The van der Waals surface area contributed by atoms with Crippen LogP contribution in [0.1, 0.15) is 23.7 Å². The lowest BCUT2D eigenvalue weighted by molar-refractivity contribution is -0.385. The Morgan fingerprint density at radius 1 is 1.50 bits per heavy atom. The largest absolute Gasteiger partial charge is 0.338 e. The summed E-state index contributed by atoms with van der Waals surface area (Å²) < 4.78 is 0. The fraction of sp³-hybridized carbons (Fsp3) is 0.462. The van der Waals surface area contributed by atoms with E-state index in [1.54, 1.807) is 4.90 Å². The Bertz CT molecular complexity index is 550. The van der Waals surface area contributed by atoms with Crippen molar-refractivity contribution in [1.82, 2.24) is 4.90 Å². The average molecular weight is 317 g/mol. The highest BCUT2D eigenvalue weighted by atomic mass is 35.5. The third-order valence-corrected chi connectivity index (χ3v) is 4.45. The molecule has 1 amide bonds. The summed E-state index contributed by atoms with van der Waals surface area (Å²) in [6, 6.07) is 4.24. The normalized spacial score (nSPS) is 22.6. The van der Waals surface area contributed by atoms with E-state index >= 15 is 0 Å².